The van der Waals surface area contributed by atoms with Gasteiger partial charge in [-0.3, -0.25) is 10.1 Å². The van der Waals surface area contributed by atoms with Crippen LogP contribution in [0.4, 0.5) is 14.5 Å². The topological polar surface area (TPSA) is 80.3 Å². The lowest BCUT2D eigenvalue weighted by Gasteiger charge is -2.18. The van der Waals surface area contributed by atoms with Gasteiger partial charge >= 0.3 is 0 Å². The van der Waals surface area contributed by atoms with Crippen LogP contribution in [0.15, 0.2) is 29.2 Å². The minimum Gasteiger partial charge on any atom is -0.258 e. The Labute approximate surface area is 119 Å². The lowest BCUT2D eigenvalue weighted by Crippen LogP contribution is -2.31. The number of alkyl halides is 2. The molecular weight excluding hydrogens is 306 g/mol. The van der Waals surface area contributed by atoms with Crippen molar-refractivity contribution in [2.24, 2.45) is 0 Å². The number of fused-ring (bicyclic) bond motifs is 1. The van der Waals surface area contributed by atoms with Crippen LogP contribution in [-0.2, 0) is 10.0 Å². The van der Waals surface area contributed by atoms with Crippen LogP contribution in [0.1, 0.15) is 19.3 Å². The van der Waals surface area contributed by atoms with Crippen molar-refractivity contribution in [3.05, 3.63) is 34.4 Å². The van der Waals surface area contributed by atoms with Crippen LogP contribution in [0.5, 0.6) is 0 Å². The third kappa shape index (κ3) is 2.20. The Bertz CT molecular complexity index is 690. The number of rotatable bonds is 3. The van der Waals surface area contributed by atoms with Crippen LogP contribution in [0.3, 0.4) is 0 Å². The first kappa shape index (κ1) is 14.3. The highest BCUT2D eigenvalue weighted by molar-refractivity contribution is 7.89. The van der Waals surface area contributed by atoms with E-state index in [1.54, 1.807) is 0 Å². The van der Waals surface area contributed by atoms with Gasteiger partial charge in [-0.1, -0.05) is 0 Å². The fourth-order valence-corrected chi connectivity index (χ4v) is 4.73. The van der Waals surface area contributed by atoms with Crippen LogP contribution in [0, 0.1) is 10.1 Å². The first-order valence-corrected chi connectivity index (χ1v) is 7.85. The van der Waals surface area contributed by atoms with E-state index >= 15 is 0 Å². The Balaban J connectivity index is 1.90. The van der Waals surface area contributed by atoms with Crippen molar-refractivity contribution in [3.63, 3.8) is 0 Å². The third-order valence-corrected chi connectivity index (χ3v) is 5.86. The Kier molecular flexibility index (Phi) is 3.03. The van der Waals surface area contributed by atoms with E-state index in [0.29, 0.717) is 12.8 Å². The molecule has 21 heavy (non-hydrogen) atoms. The zero-order valence-electron chi connectivity index (χ0n) is 10.8. The summed E-state index contributed by atoms with van der Waals surface area (Å²) in [4.78, 5) is 9.70. The molecule has 6 nitrogen and oxygen atoms in total. The molecule has 3 atom stereocenters. The summed E-state index contributed by atoms with van der Waals surface area (Å²) in [5.41, 5.74) is -0.248. The van der Waals surface area contributed by atoms with Crippen molar-refractivity contribution in [2.45, 2.75) is 42.2 Å². The zero-order valence-corrected chi connectivity index (χ0v) is 11.6. The summed E-state index contributed by atoms with van der Waals surface area (Å²) < 4.78 is 53.0. The molecule has 114 valence electrons. The second kappa shape index (κ2) is 4.44. The van der Waals surface area contributed by atoms with E-state index in [0.717, 1.165) is 28.6 Å². The summed E-state index contributed by atoms with van der Waals surface area (Å²) in [6.45, 7) is 0. The molecule has 1 aliphatic carbocycles. The molecule has 2 fully saturated rings. The molecular formula is C12H12F2N2O4S. The van der Waals surface area contributed by atoms with E-state index in [1.165, 1.54) is 0 Å². The first-order valence-electron chi connectivity index (χ1n) is 6.41. The van der Waals surface area contributed by atoms with Gasteiger partial charge in [0.05, 0.1) is 9.82 Å². The fraction of sp³-hybridized carbons (Fsp3) is 0.500. The molecule has 9 heteroatoms. The first-order chi connectivity index (χ1) is 9.75. The summed E-state index contributed by atoms with van der Waals surface area (Å²) in [6, 6.07) is 2.34. The van der Waals surface area contributed by atoms with Crippen molar-refractivity contribution in [3.8, 4) is 0 Å². The molecule has 0 amide bonds. The second-order valence-corrected chi connectivity index (χ2v) is 7.09. The molecule has 1 aromatic carbocycles. The smallest absolute Gasteiger partial charge is 0.258 e. The van der Waals surface area contributed by atoms with Crippen LogP contribution >= 0.6 is 0 Å². The summed E-state index contributed by atoms with van der Waals surface area (Å²) in [5.74, 6) is -3.00. The largest absolute Gasteiger partial charge is 0.269 e. The average Bonchev–Trinajstić information content (AvgIpc) is 3.15. The van der Waals surface area contributed by atoms with Crippen molar-refractivity contribution < 1.29 is 22.1 Å². The molecule has 1 aromatic rings. The van der Waals surface area contributed by atoms with E-state index in [1.807, 2.05) is 0 Å². The van der Waals surface area contributed by atoms with Crippen molar-refractivity contribution in [2.75, 3.05) is 0 Å². The number of halogens is 2. The summed E-state index contributed by atoms with van der Waals surface area (Å²) in [5, 5.41) is 10.5. The Morgan fingerprint density at radius 2 is 1.90 bits per heavy atom. The molecule has 0 spiro atoms. The number of benzene rings is 1. The van der Waals surface area contributed by atoms with Crippen LogP contribution in [0.2, 0.25) is 0 Å². The minimum absolute atomic E-state index is 0.196. The van der Waals surface area contributed by atoms with Crippen molar-refractivity contribution in [1.29, 1.82) is 0 Å². The highest BCUT2D eigenvalue weighted by atomic mass is 32.2. The highest BCUT2D eigenvalue weighted by Crippen LogP contribution is 2.52. The monoisotopic (exact) mass is 318 g/mol. The van der Waals surface area contributed by atoms with E-state index in [4.69, 9.17) is 0 Å². The lowest BCUT2D eigenvalue weighted by atomic mass is 9.97. The quantitative estimate of drug-likeness (QED) is 0.486. The maximum atomic E-state index is 13.7. The Morgan fingerprint density at radius 1 is 1.29 bits per heavy atom. The van der Waals surface area contributed by atoms with Gasteiger partial charge in [0.15, 0.2) is 0 Å². The van der Waals surface area contributed by atoms with Gasteiger partial charge in [-0.25, -0.2) is 17.2 Å². The predicted molar refractivity (Wildman–Crippen MR) is 68.5 cm³/mol. The van der Waals surface area contributed by atoms with E-state index < -0.39 is 33.0 Å². The van der Waals surface area contributed by atoms with Gasteiger partial charge in [0.2, 0.25) is 10.0 Å². The molecule has 2 aliphatic rings. The van der Waals surface area contributed by atoms with E-state index in [9.17, 15) is 27.3 Å². The van der Waals surface area contributed by atoms with E-state index in [-0.39, 0.29) is 17.0 Å². The number of hydrogen-bond acceptors (Lipinski definition) is 4. The van der Waals surface area contributed by atoms with Crippen LogP contribution in [0.25, 0.3) is 0 Å². The highest BCUT2D eigenvalue weighted by Gasteiger charge is 2.68. The number of nitro benzene ring substituents is 1. The third-order valence-electron chi connectivity index (χ3n) is 3.94. The molecule has 1 aliphatic heterocycles. The second-order valence-electron chi connectivity index (χ2n) is 5.25. The molecule has 1 unspecified atom stereocenters. The molecule has 0 bridgehead atoms. The Hall–Kier alpha value is -1.61. The maximum absolute atomic E-state index is 13.7. The van der Waals surface area contributed by atoms with Crippen LogP contribution in [-0.4, -0.2) is 35.7 Å². The van der Waals surface area contributed by atoms with E-state index in [2.05, 4.69) is 0 Å². The van der Waals surface area contributed by atoms with Gasteiger partial charge < -0.3 is 0 Å². The molecule has 3 rings (SSSR count). The zero-order chi connectivity index (χ0) is 15.4. The number of non-ortho nitro benzene ring substituents is 1. The van der Waals surface area contributed by atoms with Gasteiger partial charge in [0.1, 0.15) is 6.04 Å². The van der Waals surface area contributed by atoms with Gasteiger partial charge in [0, 0.05) is 24.6 Å². The molecule has 1 heterocycles. The average molecular weight is 318 g/mol. The normalized spacial score (nSPS) is 30.5. The lowest BCUT2D eigenvalue weighted by molar-refractivity contribution is -0.384. The standard InChI is InChI=1S/C12H12F2N2O4S/c13-12(14)7-1-2-10-11(12)15(10)21(19,20)9-5-3-8(4-6-9)16(17)18/h3-6,10-11H,1-2,7H2/t10-,11-,15?/m1/s1. The summed E-state index contributed by atoms with van der Waals surface area (Å²) >= 11 is 0. The van der Waals surface area contributed by atoms with Crippen molar-refractivity contribution in [1.82, 2.24) is 4.31 Å². The van der Waals surface area contributed by atoms with Crippen molar-refractivity contribution >= 4 is 15.7 Å². The van der Waals surface area contributed by atoms with Gasteiger partial charge in [-0.15, -0.1) is 0 Å². The number of nitrogens with zero attached hydrogens (tertiary/aromatic N) is 2. The van der Waals surface area contributed by atoms with Gasteiger partial charge in [-0.2, -0.15) is 4.31 Å². The SMILES string of the molecule is O=[N+]([O-])c1ccc(S(=O)(=O)N2[C@@H]3CCCC(F)(F)[C@@H]32)cc1. The predicted octanol–water partition coefficient (Wildman–Crippen LogP) is 2.16. The molecule has 1 saturated carbocycles. The number of sulfonamides is 1. The number of hydrogen-bond donors (Lipinski definition) is 0. The molecule has 0 N–H and O–H groups in total. The fourth-order valence-electron chi connectivity index (χ4n) is 2.89. The summed E-state index contributed by atoms with van der Waals surface area (Å²) in [7, 11) is -4.03. The molecule has 1 saturated heterocycles. The molecule has 0 aromatic heterocycles. The van der Waals surface area contributed by atoms with Crippen LogP contribution < -0.4 is 0 Å². The van der Waals surface area contributed by atoms with Gasteiger partial charge in [0.25, 0.3) is 11.6 Å². The molecule has 0 radical (unpaired) electrons. The van der Waals surface area contributed by atoms with Gasteiger partial charge in [-0.05, 0) is 25.0 Å². The number of nitro groups is 1. The Morgan fingerprint density at radius 3 is 2.43 bits per heavy atom. The summed E-state index contributed by atoms with van der Waals surface area (Å²) in [6.07, 6.45) is 0.410. The minimum atomic E-state index is -4.03. The maximum Gasteiger partial charge on any atom is 0.269 e.